The maximum atomic E-state index is 12.3. The summed E-state index contributed by atoms with van der Waals surface area (Å²) in [7, 11) is -1.90. The monoisotopic (exact) mass is 466 g/mol. The van der Waals surface area contributed by atoms with Gasteiger partial charge in [0.2, 0.25) is 0 Å². The van der Waals surface area contributed by atoms with E-state index in [1.165, 1.54) is 83.5 Å². The minimum absolute atomic E-state index is 0.118. The molecule has 0 amide bonds. The average molecular weight is 467 g/mol. The Hall–Kier alpha value is 0.0300. The Balaban J connectivity index is 3.51. The van der Waals surface area contributed by atoms with E-state index in [0.717, 1.165) is 6.42 Å². The average Bonchev–Trinajstić information content (AvgIpc) is 2.76. The highest BCUT2D eigenvalue weighted by Crippen LogP contribution is 2.49. The van der Waals surface area contributed by atoms with Crippen LogP contribution in [0.4, 0.5) is 0 Å². The molecule has 0 aliphatic heterocycles. The molecule has 0 aromatic heterocycles. The van der Waals surface area contributed by atoms with Crippen LogP contribution in [0.5, 0.6) is 0 Å². The predicted molar refractivity (Wildman–Crippen MR) is 129 cm³/mol. The Labute approximate surface area is 192 Å². The van der Waals surface area contributed by atoms with Crippen LogP contribution in [0.15, 0.2) is 0 Å². The van der Waals surface area contributed by atoms with E-state index in [-0.39, 0.29) is 25.9 Å². The fourth-order valence-electron chi connectivity index (χ4n) is 3.40. The molecule has 0 aliphatic rings. The summed E-state index contributed by atoms with van der Waals surface area (Å²) < 4.78 is 38.9. The Morgan fingerprint density at radius 3 is 1.48 bits per heavy atom. The normalized spacial score (nSPS) is 13.0. The molecule has 0 spiro atoms. The van der Waals surface area contributed by atoms with E-state index in [1.54, 1.807) is 21.0 Å². The van der Waals surface area contributed by atoms with Crippen molar-refractivity contribution >= 4 is 7.82 Å². The summed E-state index contributed by atoms with van der Waals surface area (Å²) in [5, 5.41) is 0. The summed E-state index contributed by atoms with van der Waals surface area (Å²) in [5.74, 6) is 0. The van der Waals surface area contributed by atoms with Gasteiger partial charge in [0.25, 0.3) is 0 Å². The molecule has 0 bridgehead atoms. The first-order valence-corrected chi connectivity index (χ1v) is 14.2. The van der Waals surface area contributed by atoms with Gasteiger partial charge in [0.1, 0.15) is 6.10 Å². The Morgan fingerprint density at radius 1 is 0.613 bits per heavy atom. The SMILES string of the molecule is CCCCCCCCCCCCCCCCOCC(COP(=O)(OCC)OCC)OC. The molecular formula is C24H51O6P. The van der Waals surface area contributed by atoms with Crippen LogP contribution in [0.1, 0.15) is 111 Å². The van der Waals surface area contributed by atoms with E-state index in [2.05, 4.69) is 6.92 Å². The van der Waals surface area contributed by atoms with Crippen LogP contribution in [0.2, 0.25) is 0 Å². The highest BCUT2D eigenvalue weighted by Gasteiger charge is 2.27. The van der Waals surface area contributed by atoms with Gasteiger partial charge in [-0.25, -0.2) is 4.57 Å². The number of unbranched alkanes of at least 4 members (excludes halogenated alkanes) is 13. The number of hydrogen-bond acceptors (Lipinski definition) is 6. The molecule has 0 aromatic carbocycles. The highest BCUT2D eigenvalue weighted by molar-refractivity contribution is 7.48. The van der Waals surface area contributed by atoms with Gasteiger partial charge in [0, 0.05) is 13.7 Å². The van der Waals surface area contributed by atoms with Crippen molar-refractivity contribution in [2.75, 3.05) is 40.1 Å². The van der Waals surface area contributed by atoms with E-state index in [9.17, 15) is 4.57 Å². The summed E-state index contributed by atoms with van der Waals surface area (Å²) >= 11 is 0. The second kappa shape index (κ2) is 23.2. The van der Waals surface area contributed by atoms with E-state index in [4.69, 9.17) is 23.0 Å². The third-order valence-corrected chi connectivity index (χ3v) is 6.89. The number of ether oxygens (including phenoxy) is 2. The number of phosphoric ester groups is 1. The second-order valence-electron chi connectivity index (χ2n) is 8.11. The van der Waals surface area contributed by atoms with Gasteiger partial charge in [-0.15, -0.1) is 0 Å². The van der Waals surface area contributed by atoms with Crippen molar-refractivity contribution in [3.8, 4) is 0 Å². The maximum absolute atomic E-state index is 12.3. The number of phosphoric acid groups is 1. The molecule has 0 saturated carbocycles. The van der Waals surface area contributed by atoms with E-state index in [1.807, 2.05) is 0 Å². The summed E-state index contributed by atoms with van der Waals surface area (Å²) in [6.07, 6.45) is 18.6. The van der Waals surface area contributed by atoms with Gasteiger partial charge >= 0.3 is 7.82 Å². The standard InChI is InChI=1S/C24H51O6P/c1-5-8-9-10-11-12-13-14-15-16-17-18-19-20-21-27-22-24(26-4)23-30-31(25,28-6-2)29-7-3/h24H,5-23H2,1-4H3. The summed E-state index contributed by atoms with van der Waals surface area (Å²) in [6, 6.07) is 0. The van der Waals surface area contributed by atoms with Crippen LogP contribution in [0.25, 0.3) is 0 Å². The van der Waals surface area contributed by atoms with Crippen molar-refractivity contribution < 1.29 is 27.6 Å². The molecule has 31 heavy (non-hydrogen) atoms. The van der Waals surface area contributed by atoms with Gasteiger partial charge in [-0.05, 0) is 20.3 Å². The van der Waals surface area contributed by atoms with Crippen molar-refractivity contribution in [1.82, 2.24) is 0 Å². The molecular weight excluding hydrogens is 415 g/mol. The number of rotatable bonds is 25. The first kappa shape index (κ1) is 31.0. The molecule has 0 heterocycles. The fourth-order valence-corrected chi connectivity index (χ4v) is 4.60. The first-order valence-electron chi connectivity index (χ1n) is 12.8. The third-order valence-electron chi connectivity index (χ3n) is 5.27. The molecule has 1 unspecified atom stereocenters. The van der Waals surface area contributed by atoms with Crippen molar-refractivity contribution in [3.63, 3.8) is 0 Å². The molecule has 0 fully saturated rings. The van der Waals surface area contributed by atoms with Gasteiger partial charge in [-0.1, -0.05) is 90.4 Å². The molecule has 0 N–H and O–H groups in total. The van der Waals surface area contributed by atoms with Crippen LogP contribution in [0.3, 0.4) is 0 Å². The third kappa shape index (κ3) is 20.4. The lowest BCUT2D eigenvalue weighted by atomic mass is 10.0. The summed E-state index contributed by atoms with van der Waals surface area (Å²) in [6.45, 7) is 7.56. The molecule has 1 atom stereocenters. The van der Waals surface area contributed by atoms with E-state index in [0.29, 0.717) is 13.2 Å². The van der Waals surface area contributed by atoms with Crippen molar-refractivity contribution in [1.29, 1.82) is 0 Å². The van der Waals surface area contributed by atoms with Crippen LogP contribution in [-0.4, -0.2) is 46.2 Å². The molecule has 0 aromatic rings. The van der Waals surface area contributed by atoms with Crippen LogP contribution < -0.4 is 0 Å². The minimum Gasteiger partial charge on any atom is -0.379 e. The zero-order valence-corrected chi connectivity index (χ0v) is 21.8. The Morgan fingerprint density at radius 2 is 1.06 bits per heavy atom. The predicted octanol–water partition coefficient (Wildman–Crippen LogP) is 7.70. The number of methoxy groups -OCH3 is 1. The van der Waals surface area contributed by atoms with E-state index >= 15 is 0 Å². The van der Waals surface area contributed by atoms with Crippen molar-refractivity contribution in [2.24, 2.45) is 0 Å². The van der Waals surface area contributed by atoms with Crippen LogP contribution in [0, 0.1) is 0 Å². The molecule has 0 radical (unpaired) electrons. The quantitative estimate of drug-likeness (QED) is 0.101. The Bertz CT molecular complexity index is 398. The minimum atomic E-state index is -3.50. The summed E-state index contributed by atoms with van der Waals surface area (Å²) in [4.78, 5) is 0. The van der Waals surface area contributed by atoms with Crippen molar-refractivity contribution in [2.45, 2.75) is 117 Å². The zero-order chi connectivity index (χ0) is 23.0. The molecule has 6 nitrogen and oxygen atoms in total. The molecule has 0 aliphatic carbocycles. The smallest absolute Gasteiger partial charge is 0.379 e. The van der Waals surface area contributed by atoms with Gasteiger partial charge in [0.15, 0.2) is 0 Å². The largest absolute Gasteiger partial charge is 0.474 e. The molecule has 7 heteroatoms. The Kier molecular flexibility index (Phi) is 23.2. The maximum Gasteiger partial charge on any atom is 0.474 e. The number of hydrogen-bond donors (Lipinski definition) is 0. The lowest BCUT2D eigenvalue weighted by molar-refractivity contribution is -0.0239. The molecule has 0 rings (SSSR count). The van der Waals surface area contributed by atoms with Gasteiger partial charge < -0.3 is 9.47 Å². The molecule has 188 valence electrons. The van der Waals surface area contributed by atoms with Crippen LogP contribution in [-0.2, 0) is 27.6 Å². The second-order valence-corrected chi connectivity index (χ2v) is 9.78. The van der Waals surface area contributed by atoms with Crippen LogP contribution >= 0.6 is 7.82 Å². The van der Waals surface area contributed by atoms with E-state index < -0.39 is 7.82 Å². The lowest BCUT2D eigenvalue weighted by Gasteiger charge is -2.20. The zero-order valence-electron chi connectivity index (χ0n) is 20.9. The lowest BCUT2D eigenvalue weighted by Crippen LogP contribution is -2.24. The van der Waals surface area contributed by atoms with Gasteiger partial charge in [0.05, 0.1) is 26.4 Å². The van der Waals surface area contributed by atoms with Crippen molar-refractivity contribution in [3.05, 3.63) is 0 Å². The highest BCUT2D eigenvalue weighted by atomic mass is 31.2. The molecule has 0 saturated heterocycles. The first-order chi connectivity index (χ1) is 15.1. The van der Waals surface area contributed by atoms with Gasteiger partial charge in [-0.2, -0.15) is 0 Å². The summed E-state index contributed by atoms with van der Waals surface area (Å²) in [5.41, 5.74) is 0. The van der Waals surface area contributed by atoms with Gasteiger partial charge in [-0.3, -0.25) is 13.6 Å². The fraction of sp³-hybridized carbons (Fsp3) is 1.00. The topological polar surface area (TPSA) is 63.2 Å².